The number of hydrogen-bond acceptors (Lipinski definition) is 12. The van der Waals surface area contributed by atoms with Crippen molar-refractivity contribution in [1.29, 1.82) is 0 Å². The first kappa shape index (κ1) is 26.8. The number of nitrogen functional groups attached to an aromatic ring is 2. The van der Waals surface area contributed by atoms with E-state index < -0.39 is 55.0 Å². The van der Waals surface area contributed by atoms with Gasteiger partial charge in [-0.05, 0) is 30.4 Å². The number of nitrogens with two attached hydrogens (primary N) is 2. The molecule has 16 heteroatoms. The largest absolute Gasteiger partial charge is 0.383 e. The molecule has 4 rings (SSSR count). The highest BCUT2D eigenvalue weighted by atomic mass is 32.5. The van der Waals surface area contributed by atoms with Crippen LogP contribution < -0.4 is 22.8 Å². The summed E-state index contributed by atoms with van der Waals surface area (Å²) in [7, 11) is 1.51. The van der Waals surface area contributed by atoms with E-state index in [9.17, 15) is 14.5 Å². The molecule has 2 saturated heterocycles. The van der Waals surface area contributed by atoms with E-state index in [4.69, 9.17) is 46.5 Å². The van der Waals surface area contributed by atoms with E-state index in [1.54, 1.807) is 0 Å². The van der Waals surface area contributed by atoms with Crippen molar-refractivity contribution in [3.05, 3.63) is 45.5 Å². The van der Waals surface area contributed by atoms with E-state index in [0.717, 1.165) is 0 Å². The van der Waals surface area contributed by atoms with Crippen molar-refractivity contribution < 1.29 is 28.2 Å². The highest BCUT2D eigenvalue weighted by Gasteiger charge is 2.41. The lowest BCUT2D eigenvalue weighted by atomic mass is 10.1. The Labute approximate surface area is 211 Å². The van der Waals surface area contributed by atoms with E-state index in [0.29, 0.717) is 12.8 Å². The molecule has 0 aliphatic carbocycles. The van der Waals surface area contributed by atoms with Crippen molar-refractivity contribution in [3.8, 4) is 0 Å². The fourth-order valence-corrected chi connectivity index (χ4v) is 5.75. The van der Waals surface area contributed by atoms with E-state index in [1.807, 2.05) is 6.92 Å². The molecule has 0 aromatic carbocycles. The Bertz CT molecular complexity index is 1240. The van der Waals surface area contributed by atoms with Crippen molar-refractivity contribution in [1.82, 2.24) is 19.1 Å². The highest BCUT2D eigenvalue weighted by molar-refractivity contribution is 8.07. The van der Waals surface area contributed by atoms with Crippen molar-refractivity contribution in [2.45, 2.75) is 63.1 Å². The Morgan fingerprint density at radius 2 is 1.58 bits per heavy atom. The number of aromatic nitrogens is 4. The lowest BCUT2D eigenvalue weighted by molar-refractivity contribution is -0.0539. The number of rotatable bonds is 9. The first-order valence-corrected chi connectivity index (χ1v) is 13.9. The second-order valence-corrected chi connectivity index (χ2v) is 11.2. The van der Waals surface area contributed by atoms with Crippen molar-refractivity contribution >= 4 is 30.2 Å². The van der Waals surface area contributed by atoms with Crippen LogP contribution in [0.2, 0.25) is 0 Å². The molecule has 36 heavy (non-hydrogen) atoms. The molecule has 2 aliphatic rings. The SMILES string of the molecule is CCC1OC(n2ccc(N)nc2=O)CC1OP(O)(=S)OCC1OC(n2ccc(N)nc2=O)CC1OC. The molecule has 2 aromatic heterocycles. The molecule has 0 saturated carbocycles. The van der Waals surface area contributed by atoms with Crippen molar-refractivity contribution in [2.24, 2.45) is 0 Å². The fourth-order valence-electron chi connectivity index (χ4n) is 4.27. The molecule has 4 heterocycles. The smallest absolute Gasteiger partial charge is 0.351 e. The second-order valence-electron chi connectivity index (χ2n) is 8.40. The molecule has 0 radical (unpaired) electrons. The van der Waals surface area contributed by atoms with E-state index in [-0.39, 0.29) is 24.7 Å². The Morgan fingerprint density at radius 1 is 1.06 bits per heavy atom. The van der Waals surface area contributed by atoms with Gasteiger partial charge < -0.3 is 39.6 Å². The van der Waals surface area contributed by atoms with Crippen LogP contribution in [0, 0.1) is 0 Å². The Hall–Kier alpha value is -2.23. The average Bonchev–Trinajstić information content (AvgIpc) is 3.41. The van der Waals surface area contributed by atoms with Crippen LogP contribution in [-0.4, -0.2) is 62.1 Å². The molecular weight excluding hydrogens is 515 g/mol. The minimum absolute atomic E-state index is 0.108. The zero-order valence-corrected chi connectivity index (χ0v) is 21.4. The van der Waals surface area contributed by atoms with Gasteiger partial charge in [-0.2, -0.15) is 9.97 Å². The predicted molar refractivity (Wildman–Crippen MR) is 131 cm³/mol. The number of ether oxygens (including phenoxy) is 3. The molecule has 0 bridgehead atoms. The zero-order valence-electron chi connectivity index (χ0n) is 19.7. The molecular formula is C20H29N6O8PS. The Balaban J connectivity index is 1.38. The molecule has 0 amide bonds. The predicted octanol–water partition coefficient (Wildman–Crippen LogP) is 0.283. The average molecular weight is 545 g/mol. The van der Waals surface area contributed by atoms with Gasteiger partial charge in [0.05, 0.1) is 24.9 Å². The maximum absolute atomic E-state index is 12.2. The molecule has 0 spiro atoms. The third-order valence-electron chi connectivity index (χ3n) is 6.06. The summed E-state index contributed by atoms with van der Waals surface area (Å²) in [5.74, 6) is 0.216. The Kier molecular flexibility index (Phi) is 8.22. The fraction of sp³-hybridized carbons (Fsp3) is 0.600. The molecule has 2 aromatic rings. The number of hydrogen-bond donors (Lipinski definition) is 3. The highest BCUT2D eigenvalue weighted by Crippen LogP contribution is 2.49. The van der Waals surface area contributed by atoms with Crippen LogP contribution in [0.15, 0.2) is 34.1 Å². The Morgan fingerprint density at radius 3 is 2.08 bits per heavy atom. The van der Waals surface area contributed by atoms with Crippen LogP contribution in [0.5, 0.6) is 0 Å². The number of nitrogens with zero attached hydrogens (tertiary/aromatic N) is 4. The van der Waals surface area contributed by atoms with Gasteiger partial charge in [-0.15, -0.1) is 0 Å². The lowest BCUT2D eigenvalue weighted by Crippen LogP contribution is -2.29. The van der Waals surface area contributed by atoms with Gasteiger partial charge in [-0.25, -0.2) is 9.59 Å². The first-order chi connectivity index (χ1) is 17.1. The van der Waals surface area contributed by atoms with Crippen LogP contribution >= 0.6 is 6.72 Å². The maximum atomic E-state index is 12.2. The second kappa shape index (κ2) is 11.0. The van der Waals surface area contributed by atoms with Gasteiger partial charge in [0.25, 0.3) is 0 Å². The quantitative estimate of drug-likeness (QED) is 0.366. The normalized spacial score (nSPS) is 29.9. The summed E-state index contributed by atoms with van der Waals surface area (Å²) in [6, 6.07) is 2.99. The molecule has 7 unspecified atom stereocenters. The van der Waals surface area contributed by atoms with Crippen LogP contribution in [0.3, 0.4) is 0 Å². The summed E-state index contributed by atoms with van der Waals surface area (Å²) in [6.45, 7) is -1.97. The molecule has 7 atom stereocenters. The van der Waals surface area contributed by atoms with Crippen molar-refractivity contribution in [2.75, 3.05) is 25.2 Å². The summed E-state index contributed by atoms with van der Waals surface area (Å²) in [5.41, 5.74) is 10.0. The molecule has 2 aliphatic heterocycles. The van der Waals surface area contributed by atoms with Gasteiger partial charge in [0.15, 0.2) is 0 Å². The topological polar surface area (TPSA) is 188 Å². The van der Waals surface area contributed by atoms with Gasteiger partial charge in [-0.3, -0.25) is 9.13 Å². The monoisotopic (exact) mass is 544 g/mol. The van der Waals surface area contributed by atoms with Gasteiger partial charge >= 0.3 is 18.1 Å². The summed E-state index contributed by atoms with van der Waals surface area (Å²) < 4.78 is 31.4. The zero-order chi connectivity index (χ0) is 26.0. The van der Waals surface area contributed by atoms with Gasteiger partial charge in [0, 0.05) is 32.3 Å². The van der Waals surface area contributed by atoms with Crippen LogP contribution in [-0.2, 0) is 35.1 Å². The molecule has 2 fully saturated rings. The molecule has 5 N–H and O–H groups in total. The minimum Gasteiger partial charge on any atom is -0.383 e. The summed E-state index contributed by atoms with van der Waals surface area (Å²) in [6.07, 6.45) is 0.742. The van der Waals surface area contributed by atoms with E-state index >= 15 is 0 Å². The summed E-state index contributed by atoms with van der Waals surface area (Å²) >= 11 is 5.24. The third-order valence-corrected chi connectivity index (χ3v) is 7.65. The van der Waals surface area contributed by atoms with Crippen LogP contribution in [0.4, 0.5) is 11.6 Å². The molecule has 198 valence electrons. The summed E-state index contributed by atoms with van der Waals surface area (Å²) in [4.78, 5) is 42.6. The molecule has 14 nitrogen and oxygen atoms in total. The standard InChI is InChI=1S/C20H29N6O8PS/c1-3-11-13(9-18(32-11)26-7-5-16(22)24-20(26)28)34-35(29,36)31-10-14-12(30-2)8-17(33-14)25-6-4-15(21)23-19(25)27/h4-7,11-14,17-18H,3,8-10H2,1-2H3,(H,29,36)(H2,21,23,27)(H2,22,24,28). The maximum Gasteiger partial charge on any atom is 0.351 e. The first-order valence-electron chi connectivity index (χ1n) is 11.3. The summed E-state index contributed by atoms with van der Waals surface area (Å²) in [5, 5.41) is 0. The van der Waals surface area contributed by atoms with Crippen molar-refractivity contribution in [3.63, 3.8) is 0 Å². The van der Waals surface area contributed by atoms with Gasteiger partial charge in [-0.1, -0.05) is 6.92 Å². The van der Waals surface area contributed by atoms with Crippen LogP contribution in [0.25, 0.3) is 0 Å². The lowest BCUT2D eigenvalue weighted by Gasteiger charge is -2.25. The van der Waals surface area contributed by atoms with Crippen LogP contribution in [0.1, 0.15) is 38.6 Å². The minimum atomic E-state index is -3.73. The van der Waals surface area contributed by atoms with E-state index in [2.05, 4.69) is 9.97 Å². The number of methoxy groups -OCH3 is 1. The number of anilines is 2. The van der Waals surface area contributed by atoms with Gasteiger partial charge in [0.2, 0.25) is 0 Å². The van der Waals surface area contributed by atoms with E-state index in [1.165, 1.54) is 40.8 Å². The van der Waals surface area contributed by atoms with Gasteiger partial charge in [0.1, 0.15) is 30.2 Å². The third kappa shape index (κ3) is 6.01.